The van der Waals surface area contributed by atoms with Gasteiger partial charge in [-0.3, -0.25) is 4.79 Å². The number of amides is 1. The fraction of sp³-hybridized carbons (Fsp3) is 0.333. The van der Waals surface area contributed by atoms with Crippen LogP contribution < -0.4 is 0 Å². The van der Waals surface area contributed by atoms with Gasteiger partial charge in [0, 0.05) is 35.3 Å². The Hall–Kier alpha value is -1.46. The number of nitrogens with zero attached hydrogens (tertiary/aromatic N) is 3. The number of carbonyl (C=O) groups is 1. The Kier molecular flexibility index (Phi) is 5.21. The number of aromatic nitrogens is 2. The summed E-state index contributed by atoms with van der Waals surface area (Å²) in [6.45, 7) is 1.57. The Labute approximate surface area is 154 Å². The number of rotatable bonds is 3. The van der Waals surface area contributed by atoms with Gasteiger partial charge in [0.25, 0.3) is 15.9 Å². The molecule has 0 saturated carbocycles. The molecule has 1 aromatic carbocycles. The maximum absolute atomic E-state index is 12.6. The van der Waals surface area contributed by atoms with Gasteiger partial charge in [-0.1, -0.05) is 6.07 Å². The fourth-order valence-corrected chi connectivity index (χ4v) is 4.57. The van der Waals surface area contributed by atoms with Crippen LogP contribution in [0, 0.1) is 3.57 Å². The molecule has 0 atom stereocenters. The third kappa shape index (κ3) is 3.62. The van der Waals surface area contributed by atoms with Gasteiger partial charge in [0.15, 0.2) is 5.03 Å². The van der Waals surface area contributed by atoms with Gasteiger partial charge in [-0.15, -0.1) is 0 Å². The Bertz CT molecular complexity index is 823. The van der Waals surface area contributed by atoms with Crippen LogP contribution in [-0.4, -0.2) is 59.7 Å². The van der Waals surface area contributed by atoms with Gasteiger partial charge in [-0.05, 0) is 47.2 Å². The zero-order valence-electron chi connectivity index (χ0n) is 12.9. The second kappa shape index (κ2) is 7.19. The SMILES string of the molecule is O=C(c1cccc(I)c1)N1CCCN(S(=O)(=O)c2cnc[nH]2)CC1. The largest absolute Gasteiger partial charge is 0.337 e. The topological polar surface area (TPSA) is 86.4 Å². The predicted octanol–water partition coefficient (Wildman–Crippen LogP) is 1.55. The van der Waals surface area contributed by atoms with Crippen molar-refractivity contribution in [3.63, 3.8) is 0 Å². The highest BCUT2D eigenvalue weighted by Gasteiger charge is 2.29. The summed E-state index contributed by atoms with van der Waals surface area (Å²) in [5.41, 5.74) is 0.631. The van der Waals surface area contributed by atoms with Gasteiger partial charge in [0.2, 0.25) is 0 Å². The minimum atomic E-state index is -3.59. The molecule has 3 rings (SSSR count). The summed E-state index contributed by atoms with van der Waals surface area (Å²) < 4.78 is 27.5. The first-order valence-electron chi connectivity index (χ1n) is 7.52. The summed E-state index contributed by atoms with van der Waals surface area (Å²) in [6.07, 6.45) is 3.25. The van der Waals surface area contributed by atoms with E-state index in [9.17, 15) is 13.2 Å². The highest BCUT2D eigenvalue weighted by Crippen LogP contribution is 2.17. The van der Waals surface area contributed by atoms with E-state index in [2.05, 4.69) is 32.6 Å². The number of imidazole rings is 1. The molecule has 1 aliphatic heterocycles. The molecule has 128 valence electrons. The number of halogens is 1. The summed E-state index contributed by atoms with van der Waals surface area (Å²) in [4.78, 5) is 20.8. The molecule has 1 N–H and O–H groups in total. The van der Waals surface area contributed by atoms with Gasteiger partial charge in [-0.2, -0.15) is 4.31 Å². The zero-order valence-corrected chi connectivity index (χ0v) is 15.8. The van der Waals surface area contributed by atoms with Crippen LogP contribution in [0.15, 0.2) is 41.8 Å². The van der Waals surface area contributed by atoms with Crippen LogP contribution in [0.2, 0.25) is 0 Å². The maximum atomic E-state index is 12.6. The summed E-state index contributed by atoms with van der Waals surface area (Å²) in [6, 6.07) is 7.40. The number of nitrogens with one attached hydrogen (secondary N) is 1. The van der Waals surface area contributed by atoms with E-state index in [0.717, 1.165) is 3.57 Å². The Morgan fingerprint density at radius 1 is 1.21 bits per heavy atom. The molecule has 0 bridgehead atoms. The Morgan fingerprint density at radius 2 is 2.04 bits per heavy atom. The third-order valence-electron chi connectivity index (χ3n) is 3.90. The first-order chi connectivity index (χ1) is 11.5. The van der Waals surface area contributed by atoms with E-state index in [1.54, 1.807) is 11.0 Å². The molecular formula is C15H17IN4O3S. The van der Waals surface area contributed by atoms with Crippen molar-refractivity contribution < 1.29 is 13.2 Å². The van der Waals surface area contributed by atoms with E-state index >= 15 is 0 Å². The summed E-state index contributed by atoms with van der Waals surface area (Å²) >= 11 is 2.17. The fourth-order valence-electron chi connectivity index (χ4n) is 2.66. The van der Waals surface area contributed by atoms with Gasteiger partial charge >= 0.3 is 0 Å². The average Bonchev–Trinajstić information content (AvgIpc) is 2.99. The van der Waals surface area contributed by atoms with Gasteiger partial charge in [0.1, 0.15) is 0 Å². The van der Waals surface area contributed by atoms with Gasteiger partial charge in [0.05, 0.1) is 12.5 Å². The number of aromatic amines is 1. The monoisotopic (exact) mass is 460 g/mol. The average molecular weight is 460 g/mol. The molecule has 1 aromatic heterocycles. The van der Waals surface area contributed by atoms with E-state index in [1.807, 2.05) is 18.2 Å². The van der Waals surface area contributed by atoms with Crippen LogP contribution in [0.3, 0.4) is 0 Å². The van der Waals surface area contributed by atoms with Crippen LogP contribution >= 0.6 is 22.6 Å². The summed E-state index contributed by atoms with van der Waals surface area (Å²) in [5.74, 6) is -0.0608. The molecule has 0 unspecified atom stereocenters. The smallest absolute Gasteiger partial charge is 0.260 e. The maximum Gasteiger partial charge on any atom is 0.260 e. The first kappa shape index (κ1) is 17.4. The molecule has 0 aliphatic carbocycles. The minimum Gasteiger partial charge on any atom is -0.337 e. The van der Waals surface area contributed by atoms with Gasteiger partial charge in [-0.25, -0.2) is 13.4 Å². The number of carbonyl (C=O) groups excluding carboxylic acids is 1. The lowest BCUT2D eigenvalue weighted by Gasteiger charge is -2.21. The van der Waals surface area contributed by atoms with Crippen molar-refractivity contribution >= 4 is 38.5 Å². The van der Waals surface area contributed by atoms with Crippen molar-refractivity contribution in [3.05, 3.63) is 45.9 Å². The molecule has 9 heteroatoms. The molecule has 1 amide bonds. The second-order valence-corrected chi connectivity index (χ2v) is 8.63. The molecule has 0 spiro atoms. The summed E-state index contributed by atoms with van der Waals surface area (Å²) in [5, 5.41) is 0.0832. The lowest BCUT2D eigenvalue weighted by Crippen LogP contribution is -2.37. The number of hydrogen-bond donors (Lipinski definition) is 1. The van der Waals surface area contributed by atoms with Crippen molar-refractivity contribution in [1.29, 1.82) is 0 Å². The standard InChI is InChI=1S/C15H17IN4O3S/c16-13-4-1-3-12(9-13)15(21)19-5-2-6-20(8-7-19)24(22,23)14-10-17-11-18-14/h1,3-4,9-11H,2,5-8H2,(H,17,18). The van der Waals surface area contributed by atoms with Crippen LogP contribution in [-0.2, 0) is 10.0 Å². The highest BCUT2D eigenvalue weighted by molar-refractivity contribution is 14.1. The third-order valence-corrected chi connectivity index (χ3v) is 6.40. The molecule has 24 heavy (non-hydrogen) atoms. The Balaban J connectivity index is 1.73. The minimum absolute atomic E-state index is 0.0608. The van der Waals surface area contributed by atoms with Crippen molar-refractivity contribution in [2.45, 2.75) is 11.4 Å². The van der Waals surface area contributed by atoms with E-state index < -0.39 is 10.0 Å². The van der Waals surface area contributed by atoms with Gasteiger partial charge < -0.3 is 9.88 Å². The normalized spacial score (nSPS) is 16.8. The quantitative estimate of drug-likeness (QED) is 0.705. The lowest BCUT2D eigenvalue weighted by molar-refractivity contribution is 0.0764. The molecule has 1 aliphatic rings. The van der Waals surface area contributed by atoms with Crippen molar-refractivity contribution in [3.8, 4) is 0 Å². The number of H-pyrrole nitrogens is 1. The second-order valence-electron chi connectivity index (χ2n) is 5.48. The van der Waals surface area contributed by atoms with Crippen molar-refractivity contribution in [2.75, 3.05) is 26.2 Å². The Morgan fingerprint density at radius 3 is 2.75 bits per heavy atom. The van der Waals surface area contributed by atoms with Crippen LogP contribution in [0.1, 0.15) is 16.8 Å². The number of benzene rings is 1. The van der Waals surface area contributed by atoms with Crippen LogP contribution in [0.25, 0.3) is 0 Å². The lowest BCUT2D eigenvalue weighted by atomic mass is 10.2. The predicted molar refractivity (Wildman–Crippen MR) is 97.0 cm³/mol. The van der Waals surface area contributed by atoms with E-state index in [0.29, 0.717) is 31.6 Å². The van der Waals surface area contributed by atoms with Crippen LogP contribution in [0.5, 0.6) is 0 Å². The zero-order chi connectivity index (χ0) is 17.2. The van der Waals surface area contributed by atoms with Crippen molar-refractivity contribution in [2.24, 2.45) is 0 Å². The molecule has 2 heterocycles. The number of hydrogen-bond acceptors (Lipinski definition) is 4. The molecule has 0 radical (unpaired) electrons. The molecule has 1 saturated heterocycles. The van der Waals surface area contributed by atoms with Crippen LogP contribution in [0.4, 0.5) is 0 Å². The molecule has 2 aromatic rings. The van der Waals surface area contributed by atoms with E-state index in [-0.39, 0.29) is 17.5 Å². The molecular weight excluding hydrogens is 443 g/mol. The molecule has 1 fully saturated rings. The highest BCUT2D eigenvalue weighted by atomic mass is 127. The molecule has 7 nitrogen and oxygen atoms in total. The van der Waals surface area contributed by atoms with Crippen molar-refractivity contribution in [1.82, 2.24) is 19.2 Å². The first-order valence-corrected chi connectivity index (χ1v) is 10.0. The van der Waals surface area contributed by atoms with E-state index in [4.69, 9.17) is 0 Å². The van der Waals surface area contributed by atoms with E-state index in [1.165, 1.54) is 16.8 Å². The summed E-state index contributed by atoms with van der Waals surface area (Å²) in [7, 11) is -3.59. The number of sulfonamides is 1.